The Morgan fingerprint density at radius 2 is 2.10 bits per heavy atom. The summed E-state index contributed by atoms with van der Waals surface area (Å²) in [5.74, 6) is -0.729. The Hall–Kier alpha value is -1.17. The molecule has 0 saturated carbocycles. The molecule has 1 aliphatic rings. The quantitative estimate of drug-likeness (QED) is 0.929. The smallest absolute Gasteiger partial charge is 0.225 e. The largest absolute Gasteiger partial charge is 0.373 e. The number of ether oxygens (including phenoxy) is 1. The average Bonchev–Trinajstić information content (AvgIpc) is 2.39. The molecule has 116 valence electrons. The molecule has 2 rings (SSSR count). The van der Waals surface area contributed by atoms with Crippen molar-refractivity contribution in [2.24, 2.45) is 0 Å². The molecular formula is C15H20ClFN2O2. The molecule has 2 atom stereocenters. The Balaban J connectivity index is 1.82. The molecule has 0 radical (unpaired) electrons. The first-order valence-electron chi connectivity index (χ1n) is 7.06. The summed E-state index contributed by atoms with van der Waals surface area (Å²) in [6, 6.07) is 4.20. The molecule has 0 bridgehead atoms. The minimum absolute atomic E-state index is 0.160. The van der Waals surface area contributed by atoms with Gasteiger partial charge in [-0.25, -0.2) is 4.39 Å². The molecule has 1 aromatic carbocycles. The van der Waals surface area contributed by atoms with Gasteiger partial charge in [-0.1, -0.05) is 11.6 Å². The summed E-state index contributed by atoms with van der Waals surface area (Å²) in [5, 5.41) is 2.88. The van der Waals surface area contributed by atoms with Gasteiger partial charge in [-0.3, -0.25) is 9.69 Å². The first-order chi connectivity index (χ1) is 9.94. The number of halogens is 2. The SMILES string of the molecule is CC1CN(CCC(=O)Nc2ccc(Cl)cc2F)CC(C)O1. The number of carbonyl (C=O) groups is 1. The lowest BCUT2D eigenvalue weighted by Crippen LogP contribution is -2.46. The van der Waals surface area contributed by atoms with E-state index in [2.05, 4.69) is 10.2 Å². The fraction of sp³-hybridized carbons (Fsp3) is 0.533. The summed E-state index contributed by atoms with van der Waals surface area (Å²) in [6.45, 7) is 6.30. The highest BCUT2D eigenvalue weighted by atomic mass is 35.5. The summed E-state index contributed by atoms with van der Waals surface area (Å²) in [6.07, 6.45) is 0.664. The van der Waals surface area contributed by atoms with Gasteiger partial charge in [-0.05, 0) is 32.0 Å². The van der Waals surface area contributed by atoms with Gasteiger partial charge < -0.3 is 10.1 Å². The third-order valence-corrected chi connectivity index (χ3v) is 3.59. The molecule has 0 spiro atoms. The molecule has 0 aromatic heterocycles. The zero-order valence-electron chi connectivity index (χ0n) is 12.2. The van der Waals surface area contributed by atoms with Gasteiger partial charge in [0.2, 0.25) is 5.91 Å². The molecule has 1 fully saturated rings. The summed E-state index contributed by atoms with van der Waals surface area (Å²) < 4.78 is 19.2. The fourth-order valence-electron chi connectivity index (χ4n) is 2.53. The van der Waals surface area contributed by atoms with E-state index in [1.165, 1.54) is 12.1 Å². The Kier molecular flexibility index (Phi) is 5.56. The minimum Gasteiger partial charge on any atom is -0.373 e. The average molecular weight is 315 g/mol. The maximum atomic E-state index is 13.6. The van der Waals surface area contributed by atoms with Crippen molar-refractivity contribution in [3.05, 3.63) is 29.0 Å². The number of amides is 1. The number of anilines is 1. The molecule has 1 aromatic rings. The van der Waals surface area contributed by atoms with Crippen LogP contribution in [-0.4, -0.2) is 42.6 Å². The topological polar surface area (TPSA) is 41.6 Å². The van der Waals surface area contributed by atoms with Crippen LogP contribution in [0.25, 0.3) is 0 Å². The lowest BCUT2D eigenvalue weighted by molar-refractivity contribution is -0.117. The standard InChI is InChI=1S/C15H20ClFN2O2/c1-10-8-19(9-11(2)21-10)6-5-15(20)18-14-4-3-12(16)7-13(14)17/h3-4,7,10-11H,5-6,8-9H2,1-2H3,(H,18,20). The Bertz CT molecular complexity index is 502. The van der Waals surface area contributed by atoms with Gasteiger partial charge in [-0.15, -0.1) is 0 Å². The van der Waals surface area contributed by atoms with Crippen LogP contribution in [0.2, 0.25) is 5.02 Å². The molecule has 1 heterocycles. The molecule has 2 unspecified atom stereocenters. The third-order valence-electron chi connectivity index (χ3n) is 3.36. The monoisotopic (exact) mass is 314 g/mol. The molecule has 1 N–H and O–H groups in total. The van der Waals surface area contributed by atoms with Crippen LogP contribution in [0.1, 0.15) is 20.3 Å². The number of hydrogen-bond acceptors (Lipinski definition) is 3. The molecule has 0 aliphatic carbocycles. The molecule has 4 nitrogen and oxygen atoms in total. The third kappa shape index (κ3) is 4.95. The van der Waals surface area contributed by atoms with Crippen molar-refractivity contribution in [2.45, 2.75) is 32.5 Å². The number of nitrogens with zero attached hydrogens (tertiary/aromatic N) is 1. The molecular weight excluding hydrogens is 295 g/mol. The van der Waals surface area contributed by atoms with Gasteiger partial charge in [0.1, 0.15) is 5.82 Å². The van der Waals surface area contributed by atoms with Crippen LogP contribution < -0.4 is 5.32 Å². The number of nitrogens with one attached hydrogen (secondary N) is 1. The number of carbonyl (C=O) groups excluding carboxylic acids is 1. The van der Waals surface area contributed by atoms with Crippen LogP contribution in [0.4, 0.5) is 10.1 Å². The van der Waals surface area contributed by atoms with E-state index in [4.69, 9.17) is 16.3 Å². The maximum absolute atomic E-state index is 13.6. The second-order valence-corrected chi connectivity index (χ2v) is 5.88. The van der Waals surface area contributed by atoms with Crippen molar-refractivity contribution in [1.29, 1.82) is 0 Å². The van der Waals surface area contributed by atoms with Crippen molar-refractivity contribution < 1.29 is 13.9 Å². The summed E-state index contributed by atoms with van der Waals surface area (Å²) in [4.78, 5) is 14.1. The highest BCUT2D eigenvalue weighted by molar-refractivity contribution is 6.30. The molecule has 6 heteroatoms. The van der Waals surface area contributed by atoms with E-state index in [1.807, 2.05) is 13.8 Å². The second-order valence-electron chi connectivity index (χ2n) is 5.44. The highest BCUT2D eigenvalue weighted by Crippen LogP contribution is 2.19. The van der Waals surface area contributed by atoms with Crippen LogP contribution in [-0.2, 0) is 9.53 Å². The van der Waals surface area contributed by atoms with Crippen LogP contribution >= 0.6 is 11.6 Å². The molecule has 1 saturated heterocycles. The first kappa shape index (κ1) is 16.2. The number of hydrogen-bond donors (Lipinski definition) is 1. The van der Waals surface area contributed by atoms with Gasteiger partial charge in [0.25, 0.3) is 0 Å². The van der Waals surface area contributed by atoms with Crippen molar-refractivity contribution in [3.8, 4) is 0 Å². The minimum atomic E-state index is -0.524. The van der Waals surface area contributed by atoms with E-state index in [9.17, 15) is 9.18 Å². The van der Waals surface area contributed by atoms with Crippen molar-refractivity contribution in [3.63, 3.8) is 0 Å². The Morgan fingerprint density at radius 3 is 2.71 bits per heavy atom. The second kappa shape index (κ2) is 7.20. The van der Waals surface area contributed by atoms with Gasteiger partial charge in [0.15, 0.2) is 0 Å². The summed E-state index contributed by atoms with van der Waals surface area (Å²) in [7, 11) is 0. The van der Waals surface area contributed by atoms with E-state index in [0.717, 1.165) is 13.1 Å². The Morgan fingerprint density at radius 1 is 1.43 bits per heavy atom. The van der Waals surface area contributed by atoms with Crippen molar-refractivity contribution in [1.82, 2.24) is 4.90 Å². The highest BCUT2D eigenvalue weighted by Gasteiger charge is 2.22. The zero-order chi connectivity index (χ0) is 15.4. The van der Waals surface area contributed by atoms with Crippen LogP contribution in [0.5, 0.6) is 0 Å². The maximum Gasteiger partial charge on any atom is 0.225 e. The van der Waals surface area contributed by atoms with Crippen LogP contribution in [0.3, 0.4) is 0 Å². The van der Waals surface area contributed by atoms with Gasteiger partial charge in [0, 0.05) is 31.1 Å². The lowest BCUT2D eigenvalue weighted by Gasteiger charge is -2.35. The summed E-state index contributed by atoms with van der Waals surface area (Å²) >= 11 is 5.67. The predicted octanol–water partition coefficient (Wildman–Crippen LogP) is 2.92. The van der Waals surface area contributed by atoms with Crippen molar-refractivity contribution >= 4 is 23.2 Å². The Labute approximate surface area is 129 Å². The normalized spacial score (nSPS) is 23.0. The molecule has 1 amide bonds. The number of benzene rings is 1. The predicted molar refractivity (Wildman–Crippen MR) is 81.1 cm³/mol. The molecule has 21 heavy (non-hydrogen) atoms. The van der Waals surface area contributed by atoms with E-state index < -0.39 is 5.82 Å². The van der Waals surface area contributed by atoms with E-state index in [1.54, 1.807) is 6.07 Å². The number of morpholine rings is 1. The lowest BCUT2D eigenvalue weighted by atomic mass is 10.2. The first-order valence-corrected chi connectivity index (χ1v) is 7.44. The van der Waals surface area contributed by atoms with Crippen LogP contribution in [0, 0.1) is 5.82 Å². The van der Waals surface area contributed by atoms with E-state index in [-0.39, 0.29) is 23.8 Å². The number of rotatable bonds is 4. The molecule has 1 aliphatic heterocycles. The van der Waals surface area contributed by atoms with Gasteiger partial charge >= 0.3 is 0 Å². The van der Waals surface area contributed by atoms with Gasteiger partial charge in [-0.2, -0.15) is 0 Å². The summed E-state index contributed by atoms with van der Waals surface area (Å²) in [5.41, 5.74) is 0.160. The van der Waals surface area contributed by atoms with E-state index in [0.29, 0.717) is 18.0 Å². The van der Waals surface area contributed by atoms with Gasteiger partial charge in [0.05, 0.1) is 17.9 Å². The fourth-order valence-corrected chi connectivity index (χ4v) is 2.69. The zero-order valence-corrected chi connectivity index (χ0v) is 13.0. The van der Waals surface area contributed by atoms with E-state index >= 15 is 0 Å². The van der Waals surface area contributed by atoms with Crippen LogP contribution in [0.15, 0.2) is 18.2 Å². The van der Waals surface area contributed by atoms with Crippen molar-refractivity contribution in [2.75, 3.05) is 25.0 Å².